The Balaban J connectivity index is 2.23. The third-order valence-electron chi connectivity index (χ3n) is 5.06. The van der Waals surface area contributed by atoms with E-state index in [0.717, 1.165) is 11.1 Å². The van der Waals surface area contributed by atoms with Crippen molar-refractivity contribution in [1.29, 1.82) is 5.26 Å². The minimum Gasteiger partial charge on any atom is -0.463 e. The Kier molecular flexibility index (Phi) is 5.98. The van der Waals surface area contributed by atoms with Gasteiger partial charge in [0.25, 0.3) is 0 Å². The van der Waals surface area contributed by atoms with Crippen LogP contribution in [0, 0.1) is 11.3 Å². The number of hydrogen-bond donors (Lipinski definition) is 1. The van der Waals surface area contributed by atoms with Crippen LogP contribution in [-0.2, 0) is 19.7 Å². The lowest BCUT2D eigenvalue weighted by molar-refractivity contribution is -0.138. The highest BCUT2D eigenvalue weighted by atomic mass is 16.5. The molecule has 0 fully saturated rings. The fourth-order valence-electron chi connectivity index (χ4n) is 3.49. The van der Waals surface area contributed by atoms with Gasteiger partial charge < -0.3 is 15.2 Å². The molecule has 0 saturated heterocycles. The van der Waals surface area contributed by atoms with Gasteiger partial charge in [0.2, 0.25) is 5.88 Å². The maximum absolute atomic E-state index is 13.0. The first kappa shape index (κ1) is 21.2. The molecule has 0 bridgehead atoms. The molecule has 0 aliphatic carbocycles. The van der Waals surface area contributed by atoms with Gasteiger partial charge in [-0.3, -0.25) is 0 Å². The van der Waals surface area contributed by atoms with Gasteiger partial charge in [0, 0.05) is 5.56 Å². The summed E-state index contributed by atoms with van der Waals surface area (Å²) in [4.78, 5) is 13.0. The van der Waals surface area contributed by atoms with E-state index < -0.39 is 11.9 Å². The van der Waals surface area contributed by atoms with E-state index in [-0.39, 0.29) is 29.1 Å². The third kappa shape index (κ3) is 4.08. The Morgan fingerprint density at radius 2 is 1.77 bits per heavy atom. The second kappa shape index (κ2) is 8.46. The Morgan fingerprint density at radius 1 is 1.13 bits per heavy atom. The minimum absolute atomic E-state index is 0.00528. The summed E-state index contributed by atoms with van der Waals surface area (Å²) >= 11 is 0. The summed E-state index contributed by atoms with van der Waals surface area (Å²) in [6.07, 6.45) is 0. The molecule has 0 saturated carbocycles. The fourth-order valence-corrected chi connectivity index (χ4v) is 3.49. The number of benzene rings is 2. The summed E-state index contributed by atoms with van der Waals surface area (Å²) in [5.41, 5.74) is 9.21. The van der Waals surface area contributed by atoms with Crippen LogP contribution in [0.15, 0.2) is 71.6 Å². The number of carbonyl (C=O) groups excluding carboxylic acids is 1. The van der Waals surface area contributed by atoms with Crippen molar-refractivity contribution in [2.75, 3.05) is 6.61 Å². The number of allylic oxidation sites excluding steroid dienone is 1. The zero-order valence-corrected chi connectivity index (χ0v) is 17.7. The molecule has 0 spiro atoms. The highest BCUT2D eigenvalue weighted by Gasteiger charge is 2.38. The van der Waals surface area contributed by atoms with Crippen LogP contribution in [0.2, 0.25) is 0 Å². The molecule has 1 heterocycles. The van der Waals surface area contributed by atoms with Crippen molar-refractivity contribution in [3.05, 3.63) is 88.3 Å². The molecule has 1 atom stereocenters. The third-order valence-corrected chi connectivity index (χ3v) is 5.06. The maximum Gasteiger partial charge on any atom is 0.338 e. The lowest BCUT2D eigenvalue weighted by Crippen LogP contribution is -2.26. The van der Waals surface area contributed by atoms with E-state index in [1.54, 1.807) is 6.92 Å². The van der Waals surface area contributed by atoms with Crippen molar-refractivity contribution < 1.29 is 14.3 Å². The van der Waals surface area contributed by atoms with Crippen LogP contribution < -0.4 is 5.73 Å². The van der Waals surface area contributed by atoms with Gasteiger partial charge in [0.15, 0.2) is 0 Å². The summed E-state index contributed by atoms with van der Waals surface area (Å²) < 4.78 is 11.1. The van der Waals surface area contributed by atoms with Crippen molar-refractivity contribution in [1.82, 2.24) is 0 Å². The summed E-state index contributed by atoms with van der Waals surface area (Å²) in [7, 11) is 0. The Labute approximate surface area is 177 Å². The van der Waals surface area contributed by atoms with Crippen LogP contribution in [0.5, 0.6) is 0 Å². The number of rotatable bonds is 4. The largest absolute Gasteiger partial charge is 0.463 e. The van der Waals surface area contributed by atoms with Crippen molar-refractivity contribution in [3.8, 4) is 6.07 Å². The molecule has 154 valence electrons. The highest BCUT2D eigenvalue weighted by molar-refractivity contribution is 5.99. The average molecular weight is 402 g/mol. The first-order valence-electron chi connectivity index (χ1n) is 9.92. The monoisotopic (exact) mass is 402 g/mol. The fraction of sp³-hybridized carbons (Fsp3) is 0.280. The van der Waals surface area contributed by atoms with Gasteiger partial charge in [-0.1, -0.05) is 75.4 Å². The summed E-state index contributed by atoms with van der Waals surface area (Å²) in [5, 5.41) is 9.82. The number of nitrogens with zero attached hydrogens (tertiary/aromatic N) is 1. The predicted octanol–water partition coefficient (Wildman–Crippen LogP) is 4.77. The Morgan fingerprint density at radius 3 is 2.30 bits per heavy atom. The zero-order chi connectivity index (χ0) is 21.9. The molecule has 0 radical (unpaired) electrons. The maximum atomic E-state index is 13.0. The van der Waals surface area contributed by atoms with E-state index in [9.17, 15) is 10.1 Å². The van der Waals surface area contributed by atoms with Crippen molar-refractivity contribution in [2.24, 2.45) is 5.73 Å². The summed E-state index contributed by atoms with van der Waals surface area (Å²) in [6.45, 7) is 8.35. The molecule has 3 rings (SSSR count). The number of carbonyl (C=O) groups is 1. The standard InChI is InChI=1S/C25H26N2O3/c1-5-29-24(28)21-20(16-11-13-18(14-12-16)25(2,3)4)19(15-26)23(27)30-22(21)17-9-7-6-8-10-17/h6-14,20H,5,27H2,1-4H3. The summed E-state index contributed by atoms with van der Waals surface area (Å²) in [5.74, 6) is -0.890. The molecule has 2 aromatic carbocycles. The zero-order valence-electron chi connectivity index (χ0n) is 17.7. The molecule has 1 aliphatic heterocycles. The average Bonchev–Trinajstić information content (AvgIpc) is 2.73. The van der Waals surface area contributed by atoms with Crippen molar-refractivity contribution >= 4 is 11.7 Å². The van der Waals surface area contributed by atoms with Crippen LogP contribution in [0.25, 0.3) is 5.76 Å². The van der Waals surface area contributed by atoms with E-state index in [1.165, 1.54) is 0 Å². The molecule has 5 nitrogen and oxygen atoms in total. The van der Waals surface area contributed by atoms with Gasteiger partial charge in [-0.2, -0.15) is 5.26 Å². The normalized spacial score (nSPS) is 16.7. The molecule has 5 heteroatoms. The van der Waals surface area contributed by atoms with Crippen LogP contribution in [0.4, 0.5) is 0 Å². The van der Waals surface area contributed by atoms with Gasteiger partial charge in [-0.15, -0.1) is 0 Å². The lowest BCUT2D eigenvalue weighted by atomic mass is 9.80. The number of nitriles is 1. The van der Waals surface area contributed by atoms with Crippen molar-refractivity contribution in [2.45, 2.75) is 39.0 Å². The summed E-state index contributed by atoms with van der Waals surface area (Å²) in [6, 6.07) is 19.3. The van der Waals surface area contributed by atoms with Crippen LogP contribution in [0.1, 0.15) is 50.3 Å². The molecular weight excluding hydrogens is 376 g/mol. The minimum atomic E-state index is -0.674. The van der Waals surface area contributed by atoms with Gasteiger partial charge in [0.1, 0.15) is 17.4 Å². The second-order valence-electron chi connectivity index (χ2n) is 8.13. The van der Waals surface area contributed by atoms with Gasteiger partial charge in [0.05, 0.1) is 18.1 Å². The topological polar surface area (TPSA) is 85.3 Å². The first-order valence-corrected chi connectivity index (χ1v) is 9.92. The first-order chi connectivity index (χ1) is 14.3. The quantitative estimate of drug-likeness (QED) is 0.745. The smallest absolute Gasteiger partial charge is 0.338 e. The van der Waals surface area contributed by atoms with Crippen molar-refractivity contribution in [3.63, 3.8) is 0 Å². The molecule has 30 heavy (non-hydrogen) atoms. The number of nitrogens with two attached hydrogens (primary N) is 1. The molecule has 1 unspecified atom stereocenters. The van der Waals surface area contributed by atoms with E-state index in [0.29, 0.717) is 11.3 Å². The molecule has 2 N–H and O–H groups in total. The molecular formula is C25H26N2O3. The predicted molar refractivity (Wildman–Crippen MR) is 116 cm³/mol. The van der Waals surface area contributed by atoms with E-state index in [1.807, 2.05) is 54.6 Å². The molecule has 1 aliphatic rings. The molecule has 0 aromatic heterocycles. The Bertz CT molecular complexity index is 1040. The van der Waals surface area contributed by atoms with Gasteiger partial charge in [-0.05, 0) is 23.5 Å². The highest BCUT2D eigenvalue weighted by Crippen LogP contribution is 2.43. The van der Waals surface area contributed by atoms with Gasteiger partial charge >= 0.3 is 5.97 Å². The molecule has 0 amide bonds. The lowest BCUT2D eigenvalue weighted by Gasteiger charge is -2.29. The number of hydrogen-bond acceptors (Lipinski definition) is 5. The Hall–Kier alpha value is -3.52. The van der Waals surface area contributed by atoms with Crippen LogP contribution >= 0.6 is 0 Å². The van der Waals surface area contributed by atoms with E-state index in [4.69, 9.17) is 15.2 Å². The van der Waals surface area contributed by atoms with Crippen LogP contribution in [0.3, 0.4) is 0 Å². The van der Waals surface area contributed by atoms with E-state index >= 15 is 0 Å². The number of ether oxygens (including phenoxy) is 2. The number of esters is 1. The second-order valence-corrected chi connectivity index (χ2v) is 8.13. The SMILES string of the molecule is CCOC(=O)C1=C(c2ccccc2)OC(N)=C(C#N)C1c1ccc(C(C)(C)C)cc1. The van der Waals surface area contributed by atoms with Crippen LogP contribution in [-0.4, -0.2) is 12.6 Å². The molecule has 2 aromatic rings. The van der Waals surface area contributed by atoms with Gasteiger partial charge in [-0.25, -0.2) is 4.79 Å². The van der Waals surface area contributed by atoms with E-state index in [2.05, 4.69) is 26.8 Å².